The second kappa shape index (κ2) is 6.08. The van der Waals surface area contributed by atoms with E-state index < -0.39 is 36.8 Å². The van der Waals surface area contributed by atoms with E-state index in [-0.39, 0.29) is 15.4 Å². The van der Waals surface area contributed by atoms with Gasteiger partial charge in [0.15, 0.2) is 9.84 Å². The summed E-state index contributed by atoms with van der Waals surface area (Å²) >= 11 is 1.21. The van der Waals surface area contributed by atoms with Gasteiger partial charge >= 0.3 is 0 Å². The Morgan fingerprint density at radius 3 is 2.75 bits per heavy atom. The van der Waals surface area contributed by atoms with Gasteiger partial charge in [0.05, 0.1) is 17.3 Å². The number of carbonyl (C=O) groups excluding carboxylic acids is 1. The zero-order valence-corrected chi connectivity index (χ0v) is 15.1. The molecule has 1 aromatic rings. The van der Waals surface area contributed by atoms with E-state index in [0.29, 0.717) is 18.1 Å². The summed E-state index contributed by atoms with van der Waals surface area (Å²) in [6, 6.07) is 5.94. The molecule has 0 bridgehead atoms. The predicted octanol–water partition coefficient (Wildman–Crippen LogP) is 0.956. The lowest BCUT2D eigenvalue weighted by atomic mass is 10.2. The lowest BCUT2D eigenvalue weighted by Crippen LogP contribution is -2.36. The fourth-order valence-electron chi connectivity index (χ4n) is 2.64. The van der Waals surface area contributed by atoms with Crippen molar-refractivity contribution in [1.82, 2.24) is 4.72 Å². The van der Waals surface area contributed by atoms with Crippen LogP contribution in [-0.2, 0) is 29.4 Å². The van der Waals surface area contributed by atoms with Gasteiger partial charge in [-0.3, -0.25) is 4.79 Å². The van der Waals surface area contributed by atoms with Crippen LogP contribution < -0.4 is 4.72 Å². The summed E-state index contributed by atoms with van der Waals surface area (Å²) in [5.41, 5.74) is 0.191. The number of rotatable bonds is 3. The molecule has 2 heterocycles. The highest BCUT2D eigenvalue weighted by molar-refractivity contribution is 8.04. The second-order valence-electron chi connectivity index (χ2n) is 5.37. The number of thioether (sulfide) groups is 1. The summed E-state index contributed by atoms with van der Waals surface area (Å²) in [5.74, 6) is -0.463. The van der Waals surface area contributed by atoms with E-state index >= 15 is 0 Å². The number of sulfonamides is 1. The molecule has 0 radical (unpaired) electrons. The molecule has 0 aromatic heterocycles. The number of ether oxygens (including phenoxy) is 1. The van der Waals surface area contributed by atoms with Crippen LogP contribution >= 0.6 is 11.8 Å². The number of allylic oxidation sites excluding steroid dienone is 1. The van der Waals surface area contributed by atoms with Crippen molar-refractivity contribution in [3.8, 4) is 0 Å². The number of hydrogen-bond acceptors (Lipinski definition) is 7. The Kier molecular flexibility index (Phi) is 4.39. The Hall–Kier alpha value is -1.52. The Labute approximate surface area is 144 Å². The number of benzene rings is 1. The minimum Gasteiger partial charge on any atom is -0.496 e. The summed E-state index contributed by atoms with van der Waals surface area (Å²) in [7, 11) is -7.88. The molecule has 0 aliphatic carbocycles. The van der Waals surface area contributed by atoms with Crippen molar-refractivity contribution in [3.05, 3.63) is 40.5 Å². The molecule has 0 spiro atoms. The molecule has 130 valence electrons. The predicted molar refractivity (Wildman–Crippen MR) is 89.4 cm³/mol. The Bertz CT molecular complexity index is 933. The molecule has 1 N–H and O–H groups in total. The minimum atomic E-state index is -4.20. The first-order valence-corrected chi connectivity index (χ1v) is 11.2. The van der Waals surface area contributed by atoms with Gasteiger partial charge < -0.3 is 4.74 Å². The molecule has 2 aliphatic rings. The van der Waals surface area contributed by atoms with Crippen molar-refractivity contribution in [2.45, 2.75) is 17.1 Å². The van der Waals surface area contributed by atoms with E-state index in [1.807, 2.05) is 4.72 Å². The highest BCUT2D eigenvalue weighted by atomic mass is 32.2. The fourth-order valence-corrected chi connectivity index (χ4v) is 7.51. The third kappa shape index (κ3) is 3.05. The van der Waals surface area contributed by atoms with Crippen molar-refractivity contribution in [2.75, 3.05) is 18.1 Å². The van der Waals surface area contributed by atoms with Crippen LogP contribution in [0.25, 0.3) is 0 Å². The molecule has 0 fully saturated rings. The second-order valence-corrected chi connectivity index (χ2v) is 10.3. The van der Waals surface area contributed by atoms with Crippen molar-refractivity contribution >= 4 is 37.5 Å². The zero-order chi connectivity index (χ0) is 17.5. The van der Waals surface area contributed by atoms with E-state index in [4.69, 9.17) is 4.74 Å². The van der Waals surface area contributed by atoms with Gasteiger partial charge in [-0.05, 0) is 18.6 Å². The van der Waals surface area contributed by atoms with Gasteiger partial charge in [0, 0.05) is 5.75 Å². The van der Waals surface area contributed by atoms with Crippen LogP contribution in [0.4, 0.5) is 0 Å². The van der Waals surface area contributed by atoms with Crippen LogP contribution in [0.5, 0.6) is 0 Å². The molecule has 3 rings (SSSR count). The number of sulfone groups is 1. The number of carbonyl (C=O) groups is 1. The monoisotopic (exact) mass is 389 g/mol. The van der Waals surface area contributed by atoms with Crippen LogP contribution in [0.15, 0.2) is 39.8 Å². The number of amides is 1. The topological polar surface area (TPSA) is 107 Å². The van der Waals surface area contributed by atoms with Gasteiger partial charge in [-0.25, -0.2) is 21.6 Å². The first-order chi connectivity index (χ1) is 11.2. The third-order valence-electron chi connectivity index (χ3n) is 3.76. The molecule has 1 aromatic carbocycles. The maximum absolute atomic E-state index is 12.6. The van der Waals surface area contributed by atoms with E-state index in [2.05, 4.69) is 0 Å². The highest BCUT2D eigenvalue weighted by Crippen LogP contribution is 2.38. The molecule has 1 atom stereocenters. The highest BCUT2D eigenvalue weighted by Gasteiger charge is 2.43. The lowest BCUT2D eigenvalue weighted by Gasteiger charge is -2.19. The average Bonchev–Trinajstić information content (AvgIpc) is 2.80. The molecule has 10 heteroatoms. The Balaban J connectivity index is 1.91. The summed E-state index contributed by atoms with van der Waals surface area (Å²) in [6.45, 7) is 2.04. The van der Waals surface area contributed by atoms with Crippen LogP contribution in [0.2, 0.25) is 0 Å². The summed E-state index contributed by atoms with van der Waals surface area (Å²) in [6.07, 6.45) is 0. The normalized spacial score (nSPS) is 22.6. The molecule has 1 unspecified atom stereocenters. The van der Waals surface area contributed by atoms with E-state index in [1.165, 1.54) is 30.0 Å². The smallest absolute Gasteiger partial charge is 0.274 e. The van der Waals surface area contributed by atoms with Gasteiger partial charge in [0.2, 0.25) is 10.0 Å². The molecule has 1 amide bonds. The third-order valence-corrected chi connectivity index (χ3v) is 8.55. The average molecular weight is 389 g/mol. The van der Waals surface area contributed by atoms with Crippen molar-refractivity contribution < 1.29 is 26.4 Å². The molecule has 0 saturated heterocycles. The van der Waals surface area contributed by atoms with Gasteiger partial charge in [0.1, 0.15) is 15.9 Å². The number of hydrogen-bond donors (Lipinski definition) is 1. The fraction of sp³-hybridized carbons (Fsp3) is 0.357. The first-order valence-electron chi connectivity index (χ1n) is 7.06. The maximum atomic E-state index is 12.6. The molecule has 0 saturated carbocycles. The summed E-state index contributed by atoms with van der Waals surface area (Å²) in [5, 5.41) is -1.31. The van der Waals surface area contributed by atoms with E-state index in [1.54, 1.807) is 13.0 Å². The van der Waals surface area contributed by atoms with Gasteiger partial charge in [-0.15, -0.1) is 11.8 Å². The minimum absolute atomic E-state index is 0.00130. The van der Waals surface area contributed by atoms with Crippen molar-refractivity contribution in [1.29, 1.82) is 0 Å². The van der Waals surface area contributed by atoms with E-state index in [9.17, 15) is 21.6 Å². The molecule has 24 heavy (non-hydrogen) atoms. The van der Waals surface area contributed by atoms with Crippen molar-refractivity contribution in [2.24, 2.45) is 0 Å². The summed E-state index contributed by atoms with van der Waals surface area (Å²) < 4.78 is 56.7. The van der Waals surface area contributed by atoms with Crippen molar-refractivity contribution in [3.63, 3.8) is 0 Å². The number of fused-ring (bicyclic) bond motifs is 1. The van der Waals surface area contributed by atoms with E-state index in [0.717, 1.165) is 0 Å². The SMILES string of the molecule is CC1=C(C(=O)NS(=O)(=O)C2CS(=O)(=O)c3ccccc32)SCCO1. The van der Waals surface area contributed by atoms with Crippen LogP contribution in [0.3, 0.4) is 0 Å². The first kappa shape index (κ1) is 17.3. The van der Waals surface area contributed by atoms with Gasteiger partial charge in [-0.1, -0.05) is 18.2 Å². The number of nitrogens with one attached hydrogen (secondary N) is 1. The largest absolute Gasteiger partial charge is 0.496 e. The van der Waals surface area contributed by atoms with Gasteiger partial charge in [0.25, 0.3) is 5.91 Å². The Morgan fingerprint density at radius 1 is 1.33 bits per heavy atom. The maximum Gasteiger partial charge on any atom is 0.274 e. The lowest BCUT2D eigenvalue weighted by molar-refractivity contribution is -0.115. The van der Waals surface area contributed by atoms with Gasteiger partial charge in [-0.2, -0.15) is 0 Å². The van der Waals surface area contributed by atoms with Crippen LogP contribution in [-0.4, -0.2) is 40.9 Å². The zero-order valence-electron chi connectivity index (χ0n) is 12.7. The summed E-state index contributed by atoms with van der Waals surface area (Å²) in [4.78, 5) is 12.4. The molecule has 2 aliphatic heterocycles. The van der Waals surface area contributed by atoms with Crippen LogP contribution in [0, 0.1) is 0 Å². The molecular weight excluding hydrogens is 374 g/mol. The quantitative estimate of drug-likeness (QED) is 0.820. The molecular formula is C14H15NO6S3. The standard InChI is InChI=1S/C14H15NO6S3/c1-9-13(22-7-6-21-9)14(16)15-24(19,20)12-8-23(17,18)11-5-3-2-4-10(11)12/h2-5,12H,6-8H2,1H3,(H,15,16). The molecule has 7 nitrogen and oxygen atoms in total. The Morgan fingerprint density at radius 2 is 2.04 bits per heavy atom. The van der Waals surface area contributed by atoms with Crippen LogP contribution in [0.1, 0.15) is 17.7 Å².